The number of halogens is 1. The highest BCUT2D eigenvalue weighted by Crippen LogP contribution is 2.35. The number of sulfone groups is 1. The number of carbonyl (C=O) groups is 2. The number of methoxy groups -OCH3 is 2. The summed E-state index contributed by atoms with van der Waals surface area (Å²) in [5.41, 5.74) is 3.54. The Hall–Kier alpha value is -5.30. The quantitative estimate of drug-likeness (QED) is 0.238. The topological polar surface area (TPSA) is 132 Å². The van der Waals surface area contributed by atoms with Crippen LogP contribution in [0.25, 0.3) is 16.8 Å². The largest absolute Gasteiger partial charge is 0.495 e. The maximum Gasteiger partial charge on any atom is 0.421 e. The summed E-state index contributed by atoms with van der Waals surface area (Å²) in [4.78, 5) is 31.2. The van der Waals surface area contributed by atoms with Crippen LogP contribution in [0.15, 0.2) is 90.0 Å². The molecule has 0 bridgehead atoms. The first-order chi connectivity index (χ1) is 21.0. The first kappa shape index (κ1) is 30.2. The maximum absolute atomic E-state index is 13.2. The molecule has 0 saturated carbocycles. The fraction of sp³-hybridized carbons (Fsp3) is 0.161. The van der Waals surface area contributed by atoms with Gasteiger partial charge in [0.2, 0.25) is 5.91 Å². The Morgan fingerprint density at radius 1 is 0.955 bits per heavy atom. The van der Waals surface area contributed by atoms with Crippen LogP contribution in [0.2, 0.25) is 0 Å². The normalized spacial score (nSPS) is 12.0. The molecule has 11 nitrogen and oxygen atoms in total. The zero-order chi connectivity index (χ0) is 31.6. The molecule has 2 amide bonds. The average molecular weight is 618 g/mol. The van der Waals surface area contributed by atoms with Crippen LogP contribution in [0.3, 0.4) is 0 Å². The van der Waals surface area contributed by atoms with Crippen LogP contribution < -0.4 is 15.0 Å². The van der Waals surface area contributed by atoms with Crippen molar-refractivity contribution >= 4 is 44.8 Å². The number of amides is 2. The van der Waals surface area contributed by atoms with Gasteiger partial charge in [0, 0.05) is 29.8 Å². The van der Waals surface area contributed by atoms with Gasteiger partial charge in [0.15, 0.2) is 15.5 Å². The van der Waals surface area contributed by atoms with Gasteiger partial charge in [-0.3, -0.25) is 4.79 Å². The molecule has 44 heavy (non-hydrogen) atoms. The van der Waals surface area contributed by atoms with Crippen LogP contribution in [0.1, 0.15) is 18.4 Å². The summed E-state index contributed by atoms with van der Waals surface area (Å²) in [5, 5.41) is 7.36. The molecule has 5 aromatic rings. The lowest BCUT2D eigenvalue weighted by Crippen LogP contribution is -2.27. The highest BCUT2D eigenvalue weighted by molar-refractivity contribution is 7.90. The average Bonchev–Trinajstić information content (AvgIpc) is 3.43. The van der Waals surface area contributed by atoms with Crippen molar-refractivity contribution in [2.24, 2.45) is 0 Å². The molecule has 1 N–H and O–H groups in total. The number of hydrogen-bond acceptors (Lipinski definition) is 8. The van der Waals surface area contributed by atoms with Gasteiger partial charge in [-0.2, -0.15) is 4.98 Å². The van der Waals surface area contributed by atoms with Crippen LogP contribution in [0.4, 0.5) is 26.5 Å². The van der Waals surface area contributed by atoms with E-state index < -0.39 is 21.8 Å². The van der Waals surface area contributed by atoms with E-state index in [9.17, 15) is 22.4 Å². The predicted molar refractivity (Wildman–Crippen MR) is 163 cm³/mol. The second-order valence-corrected chi connectivity index (χ2v) is 11.9. The van der Waals surface area contributed by atoms with E-state index in [1.54, 1.807) is 43.5 Å². The van der Waals surface area contributed by atoms with E-state index in [-0.39, 0.29) is 34.0 Å². The van der Waals surface area contributed by atoms with Crippen molar-refractivity contribution in [2.75, 3.05) is 30.7 Å². The monoisotopic (exact) mass is 617 g/mol. The van der Waals surface area contributed by atoms with Crippen LogP contribution in [-0.2, 0) is 19.4 Å². The van der Waals surface area contributed by atoms with E-state index in [2.05, 4.69) is 15.4 Å². The Morgan fingerprint density at radius 2 is 1.64 bits per heavy atom. The third-order valence-electron chi connectivity index (χ3n) is 6.95. The number of carbonyl (C=O) groups excluding carboxylic acids is 2. The molecule has 0 radical (unpaired) electrons. The molecular formula is C31H28FN5O6S. The number of ether oxygens (including phenoxy) is 2. The van der Waals surface area contributed by atoms with Gasteiger partial charge in [-0.1, -0.05) is 24.3 Å². The highest BCUT2D eigenvalue weighted by Gasteiger charge is 2.27. The molecule has 0 spiro atoms. The minimum atomic E-state index is -3.53. The second-order valence-electron chi connectivity index (χ2n) is 9.88. The summed E-state index contributed by atoms with van der Waals surface area (Å²) >= 11 is 0. The zero-order valence-corrected chi connectivity index (χ0v) is 25.0. The lowest BCUT2D eigenvalue weighted by molar-refractivity contribution is -0.117. The number of anilines is 3. The van der Waals surface area contributed by atoms with Crippen molar-refractivity contribution in [2.45, 2.75) is 17.7 Å². The minimum Gasteiger partial charge on any atom is -0.495 e. The summed E-state index contributed by atoms with van der Waals surface area (Å²) in [6, 6.07) is 20.7. The Labute approximate surface area is 252 Å². The van der Waals surface area contributed by atoms with Gasteiger partial charge in [0.1, 0.15) is 11.6 Å². The summed E-state index contributed by atoms with van der Waals surface area (Å²) in [5.74, 6) is -0.968. The van der Waals surface area contributed by atoms with E-state index >= 15 is 0 Å². The molecule has 13 heteroatoms. The molecule has 0 saturated heterocycles. The van der Waals surface area contributed by atoms with Gasteiger partial charge in [0.25, 0.3) is 5.95 Å². The predicted octanol–water partition coefficient (Wildman–Crippen LogP) is 5.59. The van der Waals surface area contributed by atoms with Crippen molar-refractivity contribution in [3.8, 4) is 16.9 Å². The number of rotatable bonds is 8. The van der Waals surface area contributed by atoms with E-state index in [0.717, 1.165) is 22.3 Å². The fourth-order valence-electron chi connectivity index (χ4n) is 4.49. The number of benzene rings is 3. The van der Waals surface area contributed by atoms with E-state index in [1.165, 1.54) is 49.1 Å². The number of aromatic nitrogens is 3. The van der Waals surface area contributed by atoms with Crippen molar-refractivity contribution in [3.05, 3.63) is 96.4 Å². The molecular weight excluding hydrogens is 589 g/mol. The minimum absolute atomic E-state index is 0.0171. The summed E-state index contributed by atoms with van der Waals surface area (Å²) in [7, 11) is -0.970. The molecule has 2 aromatic heterocycles. The third-order valence-corrected chi connectivity index (χ3v) is 8.06. The lowest BCUT2D eigenvalue weighted by Gasteiger charge is -2.20. The van der Waals surface area contributed by atoms with Gasteiger partial charge in [-0.15, -0.1) is 5.10 Å². The first-order valence-corrected chi connectivity index (χ1v) is 15.2. The summed E-state index contributed by atoms with van der Waals surface area (Å²) < 4.78 is 49.2. The van der Waals surface area contributed by atoms with Gasteiger partial charge in [-0.25, -0.2) is 27.0 Å². The molecule has 5 rings (SSSR count). The lowest BCUT2D eigenvalue weighted by atomic mass is 10.00. The number of fused-ring (bicyclic) bond motifs is 1. The Kier molecular flexibility index (Phi) is 8.32. The zero-order valence-electron chi connectivity index (χ0n) is 24.2. The number of pyridine rings is 1. The van der Waals surface area contributed by atoms with Crippen molar-refractivity contribution in [3.63, 3.8) is 0 Å². The molecule has 0 aliphatic heterocycles. The molecule has 0 aliphatic carbocycles. The number of nitrogens with one attached hydrogen (secondary N) is 1. The fourth-order valence-corrected chi connectivity index (χ4v) is 5.12. The molecule has 0 unspecified atom stereocenters. The van der Waals surface area contributed by atoms with E-state index in [1.807, 2.05) is 18.2 Å². The third kappa shape index (κ3) is 6.22. The number of hydrogen-bond donors (Lipinski definition) is 1. The summed E-state index contributed by atoms with van der Waals surface area (Å²) in [6.45, 7) is 1.75. The SMILES string of the molecule is COC(=O)N(c1nc2ccc(-c3ccc(NC(=O)[C@H](C)c4ccc(F)cc4)cc3)cn2n1)c1ccc(S(C)(=O)=O)cc1OC. The Bertz CT molecular complexity index is 1960. The highest BCUT2D eigenvalue weighted by atomic mass is 32.2. The molecule has 226 valence electrons. The van der Waals surface area contributed by atoms with Crippen LogP contribution in [0.5, 0.6) is 5.75 Å². The number of nitrogens with zero attached hydrogens (tertiary/aromatic N) is 4. The summed E-state index contributed by atoms with van der Waals surface area (Å²) in [6.07, 6.45) is 1.99. The Balaban J connectivity index is 1.40. The first-order valence-electron chi connectivity index (χ1n) is 13.3. The smallest absolute Gasteiger partial charge is 0.421 e. The van der Waals surface area contributed by atoms with Crippen molar-refractivity contribution in [1.29, 1.82) is 0 Å². The van der Waals surface area contributed by atoms with Crippen molar-refractivity contribution in [1.82, 2.24) is 14.6 Å². The molecule has 2 heterocycles. The van der Waals surface area contributed by atoms with Gasteiger partial charge in [-0.05, 0) is 66.6 Å². The molecule has 3 aromatic carbocycles. The standard InChI is InChI=1S/C31H28FN5O6S/c1-19(20-5-10-23(32)11-6-20)29(38)33-24-12-7-21(8-13-24)22-9-16-28-34-30(35-36(28)18-22)37(31(39)43-3)26-15-14-25(44(4,40)41)17-27(26)42-2/h5-19H,1-4H3,(H,33,38)/t19-/m1/s1. The van der Waals surface area contributed by atoms with Crippen LogP contribution in [0, 0.1) is 5.82 Å². The molecule has 0 fully saturated rings. The molecule has 1 atom stereocenters. The van der Waals surface area contributed by atoms with Crippen LogP contribution in [-0.4, -0.2) is 55.5 Å². The molecule has 0 aliphatic rings. The van der Waals surface area contributed by atoms with E-state index in [4.69, 9.17) is 9.47 Å². The Morgan fingerprint density at radius 3 is 2.27 bits per heavy atom. The van der Waals surface area contributed by atoms with Gasteiger partial charge in [0.05, 0.1) is 30.7 Å². The van der Waals surface area contributed by atoms with E-state index in [0.29, 0.717) is 16.9 Å². The van der Waals surface area contributed by atoms with Gasteiger partial charge >= 0.3 is 6.09 Å². The van der Waals surface area contributed by atoms with Crippen LogP contribution >= 0.6 is 0 Å². The maximum atomic E-state index is 13.2. The van der Waals surface area contributed by atoms with Crippen molar-refractivity contribution < 1.29 is 31.9 Å². The second kappa shape index (κ2) is 12.1. The van der Waals surface area contributed by atoms with Gasteiger partial charge < -0.3 is 14.8 Å².